The number of hydrogen-bond acceptors (Lipinski definition) is 14. The Labute approximate surface area is 445 Å². The molecule has 0 aromatic heterocycles. The van der Waals surface area contributed by atoms with E-state index in [-0.39, 0.29) is 151 Å². The normalized spacial score (nSPS) is 19.5. The van der Waals surface area contributed by atoms with Crippen molar-refractivity contribution < 1.29 is 66.7 Å². The molecule has 2 aliphatic heterocycles. The SMILES string of the molecule is CC(C)(C)c1cc2c3c(c1)CC1=CC(=O)C=C(Cc4cc(C(C)(C)C)cc(c4OCCOCCOCCOCCNC(=O)c4cccc(c4)C(=O)NCCOCCOCCOCCO3)CC3=CC(=O)C=C(C2)C3=O)C1=O. The van der Waals surface area contributed by atoms with E-state index in [0.29, 0.717) is 93.6 Å². The van der Waals surface area contributed by atoms with Gasteiger partial charge < -0.3 is 48.5 Å². The summed E-state index contributed by atoms with van der Waals surface area (Å²) in [6, 6.07) is 14.4. The Morgan fingerprint density at radius 1 is 0.382 bits per heavy atom. The van der Waals surface area contributed by atoms with Gasteiger partial charge in [0.05, 0.1) is 79.3 Å². The van der Waals surface area contributed by atoms with E-state index in [1.165, 1.54) is 30.4 Å². The van der Waals surface area contributed by atoms with Gasteiger partial charge in [0, 0.05) is 72.2 Å². The summed E-state index contributed by atoms with van der Waals surface area (Å²) in [4.78, 5) is 82.4. The van der Waals surface area contributed by atoms with E-state index < -0.39 is 0 Å². The van der Waals surface area contributed by atoms with Crippen molar-refractivity contribution in [2.45, 2.75) is 78.1 Å². The number of ether oxygens (including phenoxy) is 8. The summed E-state index contributed by atoms with van der Waals surface area (Å²) >= 11 is 0. The first-order valence-electron chi connectivity index (χ1n) is 26.2. The van der Waals surface area contributed by atoms with Gasteiger partial charge in [-0.3, -0.25) is 28.8 Å². The van der Waals surface area contributed by atoms with E-state index in [1.54, 1.807) is 18.2 Å². The predicted octanol–water partition coefficient (Wildman–Crippen LogP) is 6.21. The van der Waals surface area contributed by atoms with Crippen LogP contribution in [0.1, 0.15) is 95.6 Å². The quantitative estimate of drug-likeness (QED) is 0.190. The van der Waals surface area contributed by atoms with Crippen molar-refractivity contribution in [3.63, 3.8) is 0 Å². The number of allylic oxidation sites excluding steroid dienone is 8. The highest BCUT2D eigenvalue weighted by atomic mass is 16.6. The van der Waals surface area contributed by atoms with Crippen LogP contribution in [0.15, 0.2) is 95.1 Å². The van der Waals surface area contributed by atoms with Gasteiger partial charge in [0.25, 0.3) is 11.8 Å². The van der Waals surface area contributed by atoms with Crippen LogP contribution in [0.4, 0.5) is 0 Å². The van der Waals surface area contributed by atoms with Crippen LogP contribution in [0.5, 0.6) is 11.5 Å². The molecule has 2 amide bonds. The fourth-order valence-electron chi connectivity index (χ4n) is 9.03. The summed E-state index contributed by atoms with van der Waals surface area (Å²) in [7, 11) is 0. The molecule has 0 saturated heterocycles. The number of ketones is 4. The lowest BCUT2D eigenvalue weighted by Gasteiger charge is -2.27. The zero-order chi connectivity index (χ0) is 54.2. The van der Waals surface area contributed by atoms with Crippen LogP contribution in [0.3, 0.4) is 0 Å². The minimum absolute atomic E-state index is 0.0621. The molecule has 0 unspecified atom stereocenters. The van der Waals surface area contributed by atoms with E-state index in [9.17, 15) is 28.8 Å². The average Bonchev–Trinajstić information content (AvgIpc) is 3.38. The first-order valence-corrected chi connectivity index (χ1v) is 26.2. The third-order valence-corrected chi connectivity index (χ3v) is 13.1. The van der Waals surface area contributed by atoms with Gasteiger partial charge in [-0.1, -0.05) is 71.9 Å². The van der Waals surface area contributed by atoms with Gasteiger partial charge in [-0.05, 0) is 86.7 Å². The lowest BCUT2D eigenvalue weighted by molar-refractivity contribution is -0.115. The van der Waals surface area contributed by atoms with E-state index in [0.717, 1.165) is 11.1 Å². The maximum absolute atomic E-state index is 14.7. The molecule has 2 N–H and O–H groups in total. The molecule has 0 fully saturated rings. The fourth-order valence-corrected chi connectivity index (χ4v) is 9.03. The first-order chi connectivity index (χ1) is 36.4. The van der Waals surface area contributed by atoms with Crippen LogP contribution in [0.2, 0.25) is 0 Å². The van der Waals surface area contributed by atoms with E-state index in [1.807, 2.05) is 24.3 Å². The Bertz CT molecular complexity index is 2490. The number of amides is 2. The highest BCUT2D eigenvalue weighted by Gasteiger charge is 2.31. The number of carbonyl (C=O) groups is 6. The highest BCUT2D eigenvalue weighted by molar-refractivity contribution is 6.21. The second-order valence-electron chi connectivity index (χ2n) is 21.1. The molecule has 16 heteroatoms. The molecule has 0 saturated carbocycles. The van der Waals surface area contributed by atoms with Crippen LogP contribution in [-0.2, 0) is 84.1 Å². The predicted molar refractivity (Wildman–Crippen MR) is 284 cm³/mol. The summed E-state index contributed by atoms with van der Waals surface area (Å²) in [5.74, 6) is -0.930. The topological polar surface area (TPSA) is 200 Å². The van der Waals surface area contributed by atoms with Crippen molar-refractivity contribution in [2.24, 2.45) is 0 Å². The number of fused-ring (bicyclic) bond motifs is 26. The summed E-state index contributed by atoms with van der Waals surface area (Å²) in [5, 5.41) is 5.61. The summed E-state index contributed by atoms with van der Waals surface area (Å²) in [6.07, 6.45) is 5.81. The summed E-state index contributed by atoms with van der Waals surface area (Å²) < 4.78 is 47.6. The van der Waals surface area contributed by atoms with Gasteiger partial charge in [0.15, 0.2) is 23.1 Å². The average molecular weight is 1050 g/mol. The summed E-state index contributed by atoms with van der Waals surface area (Å²) in [5.41, 5.74) is 5.60. The Morgan fingerprint density at radius 2 is 0.671 bits per heavy atom. The van der Waals surface area contributed by atoms with Gasteiger partial charge in [-0.15, -0.1) is 0 Å². The lowest BCUT2D eigenvalue weighted by Crippen LogP contribution is -2.29. The van der Waals surface area contributed by atoms with Gasteiger partial charge in [0.1, 0.15) is 24.7 Å². The molecule has 76 heavy (non-hydrogen) atoms. The van der Waals surface area contributed by atoms with E-state index >= 15 is 0 Å². The molecule has 2 heterocycles. The van der Waals surface area contributed by atoms with Gasteiger partial charge >= 0.3 is 0 Å². The van der Waals surface area contributed by atoms with Crippen LogP contribution in [-0.4, -0.2) is 141 Å². The highest BCUT2D eigenvalue weighted by Crippen LogP contribution is 2.40. The van der Waals surface area contributed by atoms with Crippen LogP contribution in [0, 0.1) is 0 Å². The van der Waals surface area contributed by atoms with E-state index in [2.05, 4.69) is 52.2 Å². The van der Waals surface area contributed by atoms with Crippen molar-refractivity contribution >= 4 is 34.9 Å². The molecule has 5 aliphatic rings. The Balaban J connectivity index is 1.15. The van der Waals surface area contributed by atoms with Crippen molar-refractivity contribution in [3.8, 4) is 11.5 Å². The number of rotatable bonds is 0. The maximum Gasteiger partial charge on any atom is 0.251 e. The van der Waals surface area contributed by atoms with Gasteiger partial charge in [0.2, 0.25) is 0 Å². The first kappa shape index (κ1) is 57.3. The Hall–Kier alpha value is -6.40. The van der Waals surface area contributed by atoms with Crippen molar-refractivity contribution in [2.75, 3.05) is 106 Å². The molecular weight excluding hydrogens is 973 g/mol. The third-order valence-electron chi connectivity index (χ3n) is 13.1. The smallest absolute Gasteiger partial charge is 0.251 e. The third kappa shape index (κ3) is 16.3. The molecule has 3 aromatic carbocycles. The minimum Gasteiger partial charge on any atom is -0.491 e. The lowest BCUT2D eigenvalue weighted by atomic mass is 9.79. The molecule has 3 aliphatic carbocycles. The van der Waals surface area contributed by atoms with Crippen molar-refractivity contribution in [3.05, 3.63) is 140 Å². The molecule has 16 nitrogen and oxygen atoms in total. The fraction of sp³-hybridized carbons (Fsp3) is 0.467. The minimum atomic E-state index is -0.373. The van der Waals surface area contributed by atoms with Crippen LogP contribution in [0.25, 0.3) is 0 Å². The second-order valence-corrected chi connectivity index (χ2v) is 21.1. The number of Topliss-reactive ketones (excluding diaryl/α,β-unsaturated/α-hetero) is 2. The molecule has 3 aromatic rings. The summed E-state index contributed by atoms with van der Waals surface area (Å²) in [6.45, 7) is 16.3. The molecule has 0 radical (unpaired) electrons. The molecule has 0 atom stereocenters. The number of benzene rings is 3. The standard InChI is InChI=1S/C60H72N2O14/c1-59(2,3)49-31-45-27-41-35-51(63)37-43(53(41)65)29-47-33-50(60(4,5)6)34-48-30-44-38-52(64)36-42(54(44)66)28-46(32-49)55(45)75-24-22-73-20-18-71-16-14-69-12-10-61-57(67)39-8-7-9-40(26-39)58(68)62-11-13-70-15-17-72-19-21-74-23-25-76-56(47)48/h7-9,26,31-38H,10-25,27-30H2,1-6H3,(H,61,67)(H,62,68). The van der Waals surface area contributed by atoms with Crippen molar-refractivity contribution in [1.82, 2.24) is 10.6 Å². The molecule has 0 spiro atoms. The largest absolute Gasteiger partial charge is 0.491 e. The Kier molecular flexibility index (Phi) is 20.4. The maximum atomic E-state index is 14.7. The second kappa shape index (κ2) is 27.1. The molecule has 8 rings (SSSR count). The molecular formula is C60H72N2O14. The van der Waals surface area contributed by atoms with Crippen molar-refractivity contribution in [1.29, 1.82) is 0 Å². The molecule has 12 bridgehead atoms. The number of hydrogen-bond donors (Lipinski definition) is 2. The monoisotopic (exact) mass is 1040 g/mol. The van der Waals surface area contributed by atoms with Crippen LogP contribution >= 0.6 is 0 Å². The molecule has 406 valence electrons. The van der Waals surface area contributed by atoms with E-state index in [4.69, 9.17) is 37.9 Å². The number of carbonyl (C=O) groups excluding carboxylic acids is 6. The van der Waals surface area contributed by atoms with Gasteiger partial charge in [-0.2, -0.15) is 0 Å². The Morgan fingerprint density at radius 3 is 0.974 bits per heavy atom. The van der Waals surface area contributed by atoms with Crippen LogP contribution < -0.4 is 20.1 Å². The van der Waals surface area contributed by atoms with Gasteiger partial charge in [-0.25, -0.2) is 0 Å². The number of nitrogens with one attached hydrogen (secondary N) is 2. The zero-order valence-corrected chi connectivity index (χ0v) is 44.8. The zero-order valence-electron chi connectivity index (χ0n) is 44.8.